The number of nitrogens with zero attached hydrogens (tertiary/aromatic N) is 1. The van der Waals surface area contributed by atoms with Crippen LogP contribution < -0.4 is 16.4 Å². The van der Waals surface area contributed by atoms with E-state index in [1.807, 2.05) is 37.4 Å². The summed E-state index contributed by atoms with van der Waals surface area (Å²) < 4.78 is 0. The number of amides is 2. The van der Waals surface area contributed by atoms with Crippen molar-refractivity contribution in [2.75, 3.05) is 26.7 Å². The van der Waals surface area contributed by atoms with Gasteiger partial charge in [-0.15, -0.1) is 0 Å². The smallest absolute Gasteiger partial charge is 0.240 e. The van der Waals surface area contributed by atoms with Crippen molar-refractivity contribution in [3.05, 3.63) is 35.9 Å². The highest BCUT2D eigenvalue weighted by atomic mass is 16.2. The number of carbonyl (C=O) groups is 2. The molecule has 1 aliphatic heterocycles. The second-order valence-corrected chi connectivity index (χ2v) is 6.11. The Bertz CT molecular complexity index is 515. The predicted octanol–water partition coefficient (Wildman–Crippen LogP) is -0.117. The molecule has 2 rings (SSSR count). The minimum Gasteiger partial charge on any atom is -0.368 e. The van der Waals surface area contributed by atoms with Crippen LogP contribution in [0.25, 0.3) is 0 Å². The summed E-state index contributed by atoms with van der Waals surface area (Å²) in [6.07, 6.45) is 2.49. The number of benzene rings is 1. The predicted molar refractivity (Wildman–Crippen MR) is 89.8 cm³/mol. The Balaban J connectivity index is 1.86. The number of hydrogen-bond acceptors (Lipinski definition) is 4. The molecular weight excluding hydrogens is 292 g/mol. The van der Waals surface area contributed by atoms with Crippen LogP contribution in [0.5, 0.6) is 0 Å². The van der Waals surface area contributed by atoms with Gasteiger partial charge in [-0.25, -0.2) is 0 Å². The number of nitrogens with two attached hydrogens (primary N) is 1. The molecule has 6 heteroatoms. The van der Waals surface area contributed by atoms with Gasteiger partial charge in [-0.05, 0) is 38.5 Å². The largest absolute Gasteiger partial charge is 0.368 e. The van der Waals surface area contributed by atoms with Gasteiger partial charge in [0.15, 0.2) is 0 Å². The van der Waals surface area contributed by atoms with Crippen molar-refractivity contribution in [3.8, 4) is 0 Å². The SMILES string of the molecule is CN(CC(=O)N[C@@H](Cc1ccccc1)C(N)=O)C1CCNCC1. The molecule has 1 aromatic carbocycles. The van der Waals surface area contributed by atoms with Gasteiger partial charge in [-0.1, -0.05) is 30.3 Å². The number of primary amides is 1. The molecule has 0 radical (unpaired) electrons. The molecule has 23 heavy (non-hydrogen) atoms. The Kier molecular flexibility index (Phi) is 6.55. The van der Waals surface area contributed by atoms with Crippen molar-refractivity contribution in [1.29, 1.82) is 0 Å². The van der Waals surface area contributed by atoms with E-state index in [2.05, 4.69) is 15.5 Å². The van der Waals surface area contributed by atoms with Gasteiger partial charge in [0.25, 0.3) is 0 Å². The summed E-state index contributed by atoms with van der Waals surface area (Å²) in [6, 6.07) is 9.29. The molecule has 1 saturated heterocycles. The van der Waals surface area contributed by atoms with Crippen LogP contribution in [0.2, 0.25) is 0 Å². The fourth-order valence-electron chi connectivity index (χ4n) is 2.92. The molecule has 4 N–H and O–H groups in total. The minimum atomic E-state index is -0.675. The van der Waals surface area contributed by atoms with Gasteiger partial charge in [0, 0.05) is 12.5 Å². The first-order valence-corrected chi connectivity index (χ1v) is 8.10. The Hall–Kier alpha value is -1.92. The standard InChI is InChI=1S/C17H26N4O2/c1-21(14-7-9-19-10-8-14)12-16(22)20-15(17(18)23)11-13-5-3-2-4-6-13/h2-6,14-15,19H,7-12H2,1H3,(H2,18,23)(H,20,22)/t15-/m0/s1. The number of piperidine rings is 1. The molecule has 0 aliphatic carbocycles. The topological polar surface area (TPSA) is 87.5 Å². The van der Waals surface area contributed by atoms with E-state index in [4.69, 9.17) is 5.73 Å². The van der Waals surface area contributed by atoms with E-state index in [0.717, 1.165) is 31.5 Å². The molecule has 1 heterocycles. The third kappa shape index (κ3) is 5.65. The maximum atomic E-state index is 12.2. The van der Waals surface area contributed by atoms with Gasteiger partial charge < -0.3 is 16.4 Å². The number of hydrogen-bond donors (Lipinski definition) is 3. The minimum absolute atomic E-state index is 0.161. The maximum absolute atomic E-state index is 12.2. The van der Waals surface area contributed by atoms with Crippen LogP contribution in [0.4, 0.5) is 0 Å². The first-order chi connectivity index (χ1) is 11.1. The molecule has 6 nitrogen and oxygen atoms in total. The van der Waals surface area contributed by atoms with Crippen molar-refractivity contribution in [2.24, 2.45) is 5.73 Å². The zero-order valence-corrected chi connectivity index (χ0v) is 13.6. The second kappa shape index (κ2) is 8.64. The van der Waals surface area contributed by atoms with Gasteiger partial charge in [0.05, 0.1) is 6.54 Å². The van der Waals surface area contributed by atoms with E-state index in [1.165, 1.54) is 0 Å². The van der Waals surface area contributed by atoms with Crippen LogP contribution in [0.1, 0.15) is 18.4 Å². The molecule has 1 aromatic rings. The third-order valence-electron chi connectivity index (χ3n) is 4.29. The molecule has 0 spiro atoms. The van der Waals surface area contributed by atoms with Crippen molar-refractivity contribution in [3.63, 3.8) is 0 Å². The zero-order valence-electron chi connectivity index (χ0n) is 13.6. The highest BCUT2D eigenvalue weighted by molar-refractivity contribution is 5.87. The Morgan fingerprint density at radius 2 is 1.96 bits per heavy atom. The summed E-state index contributed by atoms with van der Waals surface area (Å²) in [5, 5.41) is 6.07. The first-order valence-electron chi connectivity index (χ1n) is 8.10. The average Bonchev–Trinajstić information content (AvgIpc) is 2.56. The van der Waals surface area contributed by atoms with Crippen molar-refractivity contribution in [1.82, 2.24) is 15.5 Å². The van der Waals surface area contributed by atoms with Crippen molar-refractivity contribution in [2.45, 2.75) is 31.3 Å². The first kappa shape index (κ1) is 17.4. The van der Waals surface area contributed by atoms with Crippen LogP contribution >= 0.6 is 0 Å². The van der Waals surface area contributed by atoms with Gasteiger partial charge >= 0.3 is 0 Å². The fraction of sp³-hybridized carbons (Fsp3) is 0.529. The summed E-state index contributed by atoms with van der Waals surface area (Å²) in [5.41, 5.74) is 6.41. The Morgan fingerprint density at radius 3 is 2.57 bits per heavy atom. The van der Waals surface area contributed by atoms with Gasteiger partial charge in [0.1, 0.15) is 6.04 Å². The van der Waals surface area contributed by atoms with Crippen LogP contribution in [-0.4, -0.2) is 55.5 Å². The van der Waals surface area contributed by atoms with E-state index < -0.39 is 11.9 Å². The second-order valence-electron chi connectivity index (χ2n) is 6.11. The van der Waals surface area contributed by atoms with Crippen LogP contribution in [0, 0.1) is 0 Å². The normalized spacial score (nSPS) is 17.0. The van der Waals surface area contributed by atoms with E-state index in [-0.39, 0.29) is 12.5 Å². The Labute approximate surface area is 137 Å². The fourth-order valence-corrected chi connectivity index (χ4v) is 2.92. The molecule has 0 bridgehead atoms. The highest BCUT2D eigenvalue weighted by Crippen LogP contribution is 2.09. The van der Waals surface area contributed by atoms with E-state index in [1.54, 1.807) is 0 Å². The third-order valence-corrected chi connectivity index (χ3v) is 4.29. The lowest BCUT2D eigenvalue weighted by Crippen LogP contribution is -2.50. The van der Waals surface area contributed by atoms with E-state index >= 15 is 0 Å². The summed E-state index contributed by atoms with van der Waals surface area (Å²) in [5.74, 6) is -0.669. The van der Waals surface area contributed by atoms with E-state index in [0.29, 0.717) is 12.5 Å². The average molecular weight is 318 g/mol. The maximum Gasteiger partial charge on any atom is 0.240 e. The van der Waals surface area contributed by atoms with Crippen molar-refractivity contribution < 1.29 is 9.59 Å². The molecule has 1 fully saturated rings. The van der Waals surface area contributed by atoms with Crippen LogP contribution in [0.3, 0.4) is 0 Å². The molecule has 126 valence electrons. The number of rotatable bonds is 7. The quantitative estimate of drug-likeness (QED) is 0.654. The highest BCUT2D eigenvalue weighted by Gasteiger charge is 2.22. The van der Waals surface area contributed by atoms with Gasteiger partial charge in [-0.3, -0.25) is 14.5 Å². The number of likely N-dealkylation sites (N-methyl/N-ethyl adjacent to an activating group) is 1. The molecule has 1 aliphatic rings. The number of carbonyl (C=O) groups excluding carboxylic acids is 2. The number of nitrogens with one attached hydrogen (secondary N) is 2. The van der Waals surface area contributed by atoms with Crippen LogP contribution in [-0.2, 0) is 16.0 Å². The molecule has 1 atom stereocenters. The monoisotopic (exact) mass is 318 g/mol. The lowest BCUT2D eigenvalue weighted by Gasteiger charge is -2.31. The molecular formula is C17H26N4O2. The molecule has 0 unspecified atom stereocenters. The summed E-state index contributed by atoms with van der Waals surface area (Å²) in [7, 11) is 1.95. The summed E-state index contributed by atoms with van der Waals surface area (Å²) >= 11 is 0. The Morgan fingerprint density at radius 1 is 1.30 bits per heavy atom. The van der Waals surface area contributed by atoms with Gasteiger partial charge in [0.2, 0.25) is 11.8 Å². The van der Waals surface area contributed by atoms with Crippen LogP contribution in [0.15, 0.2) is 30.3 Å². The van der Waals surface area contributed by atoms with Crippen molar-refractivity contribution >= 4 is 11.8 Å². The molecule has 0 aromatic heterocycles. The lowest BCUT2D eigenvalue weighted by atomic mass is 10.0. The lowest BCUT2D eigenvalue weighted by molar-refractivity contribution is -0.128. The zero-order chi connectivity index (χ0) is 16.7. The summed E-state index contributed by atoms with van der Waals surface area (Å²) in [4.78, 5) is 25.9. The van der Waals surface area contributed by atoms with Gasteiger partial charge in [-0.2, -0.15) is 0 Å². The van der Waals surface area contributed by atoms with E-state index in [9.17, 15) is 9.59 Å². The molecule has 0 saturated carbocycles. The summed E-state index contributed by atoms with van der Waals surface area (Å²) in [6.45, 7) is 2.24. The molecule has 2 amide bonds.